The molecule has 1 aliphatic carbocycles. The average Bonchev–Trinajstić information content (AvgIpc) is 3.57. The van der Waals surface area contributed by atoms with Crippen LogP contribution in [0.5, 0.6) is 5.75 Å². The van der Waals surface area contributed by atoms with E-state index in [1.54, 1.807) is 6.92 Å². The van der Waals surface area contributed by atoms with Gasteiger partial charge >= 0.3 is 7.60 Å². The average molecular weight is 471 g/mol. The van der Waals surface area contributed by atoms with Crippen LogP contribution in [-0.2, 0) is 26.8 Å². The summed E-state index contributed by atoms with van der Waals surface area (Å²) in [4.78, 5) is 21.7. The summed E-state index contributed by atoms with van der Waals surface area (Å²) >= 11 is 0. The third-order valence-corrected chi connectivity index (χ3v) is 7.41. The highest BCUT2D eigenvalue weighted by Gasteiger charge is 2.32. The Morgan fingerprint density at radius 1 is 1.21 bits per heavy atom. The van der Waals surface area contributed by atoms with E-state index in [2.05, 4.69) is 16.7 Å². The van der Waals surface area contributed by atoms with Crippen molar-refractivity contribution in [1.29, 1.82) is 0 Å². The van der Waals surface area contributed by atoms with Gasteiger partial charge in [0.25, 0.3) is 0 Å². The molecule has 1 atom stereocenters. The zero-order valence-electron chi connectivity index (χ0n) is 18.9. The van der Waals surface area contributed by atoms with E-state index in [9.17, 15) is 14.3 Å². The van der Waals surface area contributed by atoms with Gasteiger partial charge in [-0.05, 0) is 61.4 Å². The number of carbonyl (C=O) groups excluding carboxylic acids is 1. The van der Waals surface area contributed by atoms with Crippen LogP contribution in [0.3, 0.4) is 0 Å². The van der Waals surface area contributed by atoms with Gasteiger partial charge in [0, 0.05) is 23.1 Å². The molecule has 176 valence electrons. The molecule has 1 unspecified atom stereocenters. The van der Waals surface area contributed by atoms with Crippen LogP contribution < -0.4 is 10.5 Å². The Morgan fingerprint density at radius 2 is 1.97 bits per heavy atom. The molecule has 1 amide bonds. The molecular weight excluding hydrogens is 439 g/mol. The Hall–Kier alpha value is -2.60. The number of benzene rings is 2. The number of aromatic nitrogens is 1. The van der Waals surface area contributed by atoms with Gasteiger partial charge in [-0.25, -0.2) is 0 Å². The second-order valence-electron chi connectivity index (χ2n) is 8.51. The summed E-state index contributed by atoms with van der Waals surface area (Å²) in [6.07, 6.45) is 2.87. The zero-order chi connectivity index (χ0) is 23.4. The SMILES string of the molecule is CCOP(=O)(O)CCCOc1ccc2c(c1)c(CC(N)=O)c(C1CC1)n2Cc1ccccc1. The van der Waals surface area contributed by atoms with E-state index >= 15 is 0 Å². The lowest BCUT2D eigenvalue weighted by Gasteiger charge is -2.12. The van der Waals surface area contributed by atoms with E-state index in [0.717, 1.165) is 35.9 Å². The standard InChI is InChI=1S/C25H31N2O5P/c1-2-32-33(29,30)14-6-13-31-20-11-12-23-21(15-20)22(16-24(26)28)25(19-9-10-19)27(23)17-18-7-4-3-5-8-18/h3-5,7-8,11-12,15,19H,2,6,9-10,13-14,16-17H2,1H3,(H2,26,28)(H,29,30). The van der Waals surface area contributed by atoms with Crippen molar-refractivity contribution < 1.29 is 23.5 Å². The fraction of sp³-hybridized carbons (Fsp3) is 0.400. The molecule has 0 saturated heterocycles. The Balaban J connectivity index is 1.62. The summed E-state index contributed by atoms with van der Waals surface area (Å²) < 4.78 is 24.9. The van der Waals surface area contributed by atoms with Crippen molar-refractivity contribution in [2.24, 2.45) is 5.73 Å². The second-order valence-corrected chi connectivity index (χ2v) is 10.5. The fourth-order valence-corrected chi connectivity index (χ4v) is 5.41. The minimum atomic E-state index is -3.55. The van der Waals surface area contributed by atoms with Crippen molar-refractivity contribution in [2.75, 3.05) is 19.4 Å². The second kappa shape index (κ2) is 10.1. The molecule has 33 heavy (non-hydrogen) atoms. The number of carbonyl (C=O) groups is 1. The first kappa shape index (κ1) is 23.6. The van der Waals surface area contributed by atoms with Gasteiger partial charge in [-0.1, -0.05) is 30.3 Å². The maximum Gasteiger partial charge on any atom is 0.328 e. The maximum atomic E-state index is 11.9. The summed E-state index contributed by atoms with van der Waals surface area (Å²) in [5.74, 6) is 0.755. The number of fused-ring (bicyclic) bond motifs is 1. The smallest absolute Gasteiger partial charge is 0.328 e. The molecule has 1 aromatic heterocycles. The highest BCUT2D eigenvalue weighted by Crippen LogP contribution is 2.46. The summed E-state index contributed by atoms with van der Waals surface area (Å²) in [7, 11) is -3.55. The largest absolute Gasteiger partial charge is 0.494 e. The van der Waals surface area contributed by atoms with Gasteiger partial charge in [-0.2, -0.15) is 0 Å². The van der Waals surface area contributed by atoms with Gasteiger partial charge in [0.05, 0.1) is 25.8 Å². The van der Waals surface area contributed by atoms with E-state index in [0.29, 0.717) is 24.7 Å². The van der Waals surface area contributed by atoms with Crippen molar-refractivity contribution in [3.63, 3.8) is 0 Å². The van der Waals surface area contributed by atoms with Crippen LogP contribution in [0.15, 0.2) is 48.5 Å². The number of hydrogen-bond donors (Lipinski definition) is 2. The Bertz CT molecular complexity index is 1170. The fourth-order valence-electron chi connectivity index (χ4n) is 4.35. The van der Waals surface area contributed by atoms with Crippen LogP contribution in [0.25, 0.3) is 10.9 Å². The molecule has 1 saturated carbocycles. The van der Waals surface area contributed by atoms with Gasteiger partial charge in [0.1, 0.15) is 5.75 Å². The quantitative estimate of drug-likeness (QED) is 0.298. The summed E-state index contributed by atoms with van der Waals surface area (Å²) in [5.41, 5.74) is 10.1. The van der Waals surface area contributed by atoms with Crippen LogP contribution in [0.1, 0.15) is 48.9 Å². The van der Waals surface area contributed by atoms with Gasteiger partial charge in [0.2, 0.25) is 5.91 Å². The highest BCUT2D eigenvalue weighted by molar-refractivity contribution is 7.52. The topological polar surface area (TPSA) is 104 Å². The molecule has 3 N–H and O–H groups in total. The molecule has 0 radical (unpaired) electrons. The van der Waals surface area contributed by atoms with Crippen molar-refractivity contribution in [2.45, 2.75) is 45.1 Å². The number of rotatable bonds is 12. The third kappa shape index (κ3) is 5.85. The van der Waals surface area contributed by atoms with Crippen molar-refractivity contribution in [1.82, 2.24) is 4.57 Å². The van der Waals surface area contributed by atoms with E-state index in [4.69, 9.17) is 15.0 Å². The van der Waals surface area contributed by atoms with Crippen LogP contribution in [0, 0.1) is 0 Å². The summed E-state index contributed by atoms with van der Waals surface area (Å²) in [5, 5.41) is 0.978. The van der Waals surface area contributed by atoms with E-state index < -0.39 is 7.60 Å². The van der Waals surface area contributed by atoms with Gasteiger partial charge < -0.3 is 24.5 Å². The van der Waals surface area contributed by atoms with E-state index in [1.165, 1.54) is 11.3 Å². The van der Waals surface area contributed by atoms with Crippen LogP contribution in [-0.4, -0.2) is 34.7 Å². The van der Waals surface area contributed by atoms with Crippen LogP contribution in [0.2, 0.25) is 0 Å². The predicted molar refractivity (Wildman–Crippen MR) is 129 cm³/mol. The van der Waals surface area contributed by atoms with Crippen LogP contribution in [0.4, 0.5) is 0 Å². The van der Waals surface area contributed by atoms with Crippen molar-refractivity contribution in [3.05, 3.63) is 65.4 Å². The lowest BCUT2D eigenvalue weighted by atomic mass is 10.0. The van der Waals surface area contributed by atoms with Gasteiger partial charge in [-0.3, -0.25) is 9.36 Å². The lowest BCUT2D eigenvalue weighted by Crippen LogP contribution is -2.15. The minimum Gasteiger partial charge on any atom is -0.494 e. The molecule has 0 bridgehead atoms. The summed E-state index contributed by atoms with van der Waals surface area (Å²) in [6, 6.07) is 16.2. The number of primary amides is 1. The Morgan fingerprint density at radius 3 is 2.64 bits per heavy atom. The first-order valence-corrected chi connectivity index (χ1v) is 13.2. The van der Waals surface area contributed by atoms with Crippen molar-refractivity contribution in [3.8, 4) is 5.75 Å². The molecule has 4 rings (SSSR count). The monoisotopic (exact) mass is 470 g/mol. The molecule has 0 aliphatic heterocycles. The minimum absolute atomic E-state index is 0.0509. The van der Waals surface area contributed by atoms with E-state index in [-0.39, 0.29) is 25.1 Å². The molecule has 1 fully saturated rings. The van der Waals surface area contributed by atoms with Gasteiger partial charge in [-0.15, -0.1) is 0 Å². The molecule has 7 nitrogen and oxygen atoms in total. The number of nitrogens with two attached hydrogens (primary N) is 1. The Kier molecular flexibility index (Phi) is 7.23. The molecule has 1 aliphatic rings. The molecular formula is C25H31N2O5P. The molecule has 8 heteroatoms. The molecule has 2 aromatic carbocycles. The third-order valence-electron chi connectivity index (χ3n) is 5.87. The van der Waals surface area contributed by atoms with Crippen LogP contribution >= 0.6 is 7.60 Å². The number of hydrogen-bond acceptors (Lipinski definition) is 4. The zero-order valence-corrected chi connectivity index (χ0v) is 19.8. The predicted octanol–water partition coefficient (Wildman–Crippen LogP) is 4.59. The number of nitrogens with zero attached hydrogens (tertiary/aromatic N) is 1. The van der Waals surface area contributed by atoms with Gasteiger partial charge in [0.15, 0.2) is 0 Å². The maximum absolute atomic E-state index is 11.9. The molecule has 3 aromatic rings. The van der Waals surface area contributed by atoms with Crippen molar-refractivity contribution >= 4 is 24.4 Å². The van der Waals surface area contributed by atoms with E-state index in [1.807, 2.05) is 36.4 Å². The normalized spacial score (nSPS) is 15.5. The number of amides is 1. The Labute approximate surface area is 194 Å². The number of ether oxygens (including phenoxy) is 1. The lowest BCUT2D eigenvalue weighted by molar-refractivity contribution is -0.117. The first-order valence-electron chi connectivity index (χ1n) is 11.4. The summed E-state index contributed by atoms with van der Waals surface area (Å²) in [6.45, 7) is 2.93. The molecule has 0 spiro atoms. The first-order chi connectivity index (χ1) is 15.9. The molecule has 1 heterocycles. The highest BCUT2D eigenvalue weighted by atomic mass is 31.2.